The Morgan fingerprint density at radius 3 is 2.44 bits per heavy atom. The van der Waals surface area contributed by atoms with Gasteiger partial charge in [0.25, 0.3) is 0 Å². The number of rotatable bonds is 21. The molecule has 0 spiro atoms. The van der Waals surface area contributed by atoms with Crippen LogP contribution in [0.5, 0.6) is 11.5 Å². The molecule has 1 aliphatic heterocycles. The molecule has 13 nitrogen and oxygen atoms in total. The van der Waals surface area contributed by atoms with Crippen LogP contribution in [0.15, 0.2) is 48.9 Å². The minimum absolute atomic E-state index is 0.0275. The van der Waals surface area contributed by atoms with E-state index in [0.29, 0.717) is 58.8 Å². The third kappa shape index (κ3) is 10.8. The number of aryl methyl sites for hydroxylation is 1. The number of aromatic nitrogens is 2. The number of likely N-dealkylation sites (tertiary alicyclic amines) is 1. The number of ether oxygens (including phenoxy) is 3. The minimum Gasteiger partial charge on any atom is -0.496 e. The molecular formula is C47H62N4O9S2. The molecule has 336 valence electrons. The quantitative estimate of drug-likeness (QED) is 0.0619. The van der Waals surface area contributed by atoms with Crippen molar-refractivity contribution < 1.29 is 41.8 Å². The maximum Gasteiger partial charge on any atom is 0.307 e. The van der Waals surface area contributed by atoms with E-state index < -0.39 is 62.1 Å². The fourth-order valence-corrected chi connectivity index (χ4v) is 10.7. The van der Waals surface area contributed by atoms with E-state index in [0.717, 1.165) is 30.5 Å². The van der Waals surface area contributed by atoms with E-state index in [2.05, 4.69) is 31.7 Å². The molecule has 3 fully saturated rings. The first-order valence-electron chi connectivity index (χ1n) is 21.8. The van der Waals surface area contributed by atoms with Gasteiger partial charge in [0.2, 0.25) is 21.8 Å². The Balaban J connectivity index is 1.35. The second-order valence-corrected chi connectivity index (χ2v) is 21.3. The van der Waals surface area contributed by atoms with Crippen molar-refractivity contribution in [3.8, 4) is 22.2 Å². The van der Waals surface area contributed by atoms with Crippen LogP contribution in [-0.2, 0) is 33.9 Å². The summed E-state index contributed by atoms with van der Waals surface area (Å²) in [5.74, 6) is -1.85. The highest BCUT2D eigenvalue weighted by atomic mass is 32.2. The van der Waals surface area contributed by atoms with Gasteiger partial charge in [-0.1, -0.05) is 38.8 Å². The van der Waals surface area contributed by atoms with E-state index in [1.54, 1.807) is 34.0 Å². The van der Waals surface area contributed by atoms with Gasteiger partial charge < -0.3 is 19.1 Å². The fourth-order valence-electron chi connectivity index (χ4n) is 8.38. The van der Waals surface area contributed by atoms with E-state index in [1.807, 2.05) is 36.6 Å². The van der Waals surface area contributed by atoms with Gasteiger partial charge in [-0.25, -0.2) is 18.4 Å². The number of Topliss-reactive ketones (excluding diaryl/α,β-unsaturated/α-hetero) is 1. The van der Waals surface area contributed by atoms with Gasteiger partial charge in [0.15, 0.2) is 5.78 Å². The number of hydrogen-bond acceptors (Lipinski definition) is 12. The summed E-state index contributed by atoms with van der Waals surface area (Å²) in [7, 11) is -2.28. The number of methoxy groups -OCH3 is 1. The number of thiazole rings is 1. The van der Waals surface area contributed by atoms with Gasteiger partial charge in [-0.05, 0) is 90.2 Å². The summed E-state index contributed by atoms with van der Waals surface area (Å²) in [5.41, 5.74) is 0.924. The molecule has 2 aromatic heterocycles. The number of unbranched alkanes of at least 4 members (excludes halogenated alkanes) is 3. The molecule has 3 heterocycles. The van der Waals surface area contributed by atoms with E-state index in [-0.39, 0.29) is 49.8 Å². The van der Waals surface area contributed by atoms with Crippen molar-refractivity contribution in [2.24, 2.45) is 17.3 Å². The smallest absolute Gasteiger partial charge is 0.307 e. The summed E-state index contributed by atoms with van der Waals surface area (Å²) in [5, 5.41) is 2.81. The van der Waals surface area contributed by atoms with E-state index in [4.69, 9.17) is 24.2 Å². The maximum atomic E-state index is 14.9. The van der Waals surface area contributed by atoms with Crippen molar-refractivity contribution in [2.75, 3.05) is 13.7 Å². The third-order valence-corrected chi connectivity index (χ3v) is 14.8. The molecule has 6 rings (SSSR count). The first-order chi connectivity index (χ1) is 29.3. The molecular weight excluding hydrogens is 829 g/mol. The molecule has 0 unspecified atom stereocenters. The average molecular weight is 891 g/mol. The normalized spacial score (nSPS) is 21.7. The molecule has 5 atom stereocenters. The van der Waals surface area contributed by atoms with Crippen molar-refractivity contribution >= 4 is 55.8 Å². The van der Waals surface area contributed by atoms with Crippen LogP contribution >= 0.6 is 11.3 Å². The number of allylic oxidation sites excluding steroid dienone is 2. The Morgan fingerprint density at radius 2 is 1.82 bits per heavy atom. The predicted octanol–water partition coefficient (Wildman–Crippen LogP) is 8.39. The average Bonchev–Trinajstić information content (AvgIpc) is 4.09. The van der Waals surface area contributed by atoms with Crippen LogP contribution in [0.1, 0.15) is 122 Å². The number of pyridine rings is 1. The van der Waals surface area contributed by atoms with Crippen LogP contribution in [0.25, 0.3) is 21.6 Å². The minimum atomic E-state index is -3.88. The molecule has 0 bridgehead atoms. The number of carbonyl (C=O) groups is 4. The number of nitrogens with one attached hydrogen (secondary N) is 1. The van der Waals surface area contributed by atoms with Crippen molar-refractivity contribution in [1.82, 2.24) is 19.6 Å². The number of esters is 1. The molecule has 1 N–H and O–H groups in total. The van der Waals surface area contributed by atoms with Gasteiger partial charge >= 0.3 is 5.97 Å². The molecule has 3 aliphatic rings. The Labute approximate surface area is 370 Å². The summed E-state index contributed by atoms with van der Waals surface area (Å²) in [4.78, 5) is 68.1. The number of hydrogen-bond donors (Lipinski definition) is 1. The maximum absolute atomic E-state index is 14.9. The molecule has 2 aliphatic carbocycles. The van der Waals surface area contributed by atoms with Crippen LogP contribution in [0.4, 0.5) is 0 Å². The molecule has 2 amide bonds. The van der Waals surface area contributed by atoms with E-state index >= 15 is 0 Å². The zero-order valence-electron chi connectivity index (χ0n) is 37.2. The van der Waals surface area contributed by atoms with Gasteiger partial charge in [-0.3, -0.25) is 23.9 Å². The van der Waals surface area contributed by atoms with Gasteiger partial charge in [-0.2, -0.15) is 0 Å². The van der Waals surface area contributed by atoms with Crippen LogP contribution < -0.4 is 14.2 Å². The molecule has 1 aromatic carbocycles. The number of amides is 2. The Morgan fingerprint density at radius 1 is 1.08 bits per heavy atom. The molecule has 1 saturated heterocycles. The van der Waals surface area contributed by atoms with Gasteiger partial charge in [0.05, 0.1) is 48.0 Å². The van der Waals surface area contributed by atoms with Gasteiger partial charge in [0.1, 0.15) is 33.9 Å². The summed E-state index contributed by atoms with van der Waals surface area (Å²) in [6.45, 7) is 19.1. The number of fused-ring (bicyclic) bond motifs is 1. The first-order valence-corrected chi connectivity index (χ1v) is 24.2. The highest BCUT2D eigenvalue weighted by molar-refractivity contribution is 7.90. The van der Waals surface area contributed by atoms with Crippen molar-refractivity contribution in [1.29, 1.82) is 0 Å². The first kappa shape index (κ1) is 46.9. The lowest BCUT2D eigenvalue weighted by Crippen LogP contribution is -2.46. The summed E-state index contributed by atoms with van der Waals surface area (Å²) in [6.07, 6.45) is 7.19. The SMILES string of the molecule is C=CCCCCC[C@H](CC(=O)OC(C)(C)C)C(=O)N1C[C@H](Oc2cc(-c3nc(C(C)C)cs3)nc3c(C)c(OC)ccc23)C[C@H]1C(=O)C[C@]1(C(=O)NS(=O)(=O)C2CC2)C[C@H]1C=C. The standard InChI is InChI=1S/C47H62N4O9S2/c1-10-12-13-14-15-16-30(21-41(53)60-46(6,7)8)44(54)51-26-32(22-37(51)38(52)25-47(24-31(47)11-2)45(55)50-62(56,57)33-17-18-33)59-40-23-35(43-49-36(27-61-43)28(3)4)48-42-29(5)39(58-9)20-19-34(40)42/h10-11,19-20,23,27-28,30-33,37H,1-2,12-18,21-22,24-26H2,3-9H3,(H,50,55)/t30-,31-,32-,37+,47-/m1/s1. The highest BCUT2D eigenvalue weighted by Gasteiger charge is 2.61. The Bertz CT molecular complexity index is 2310. The Hall–Kier alpha value is -4.63. The second kappa shape index (κ2) is 19.0. The molecule has 2 saturated carbocycles. The lowest BCUT2D eigenvalue weighted by molar-refractivity contribution is -0.159. The Kier molecular flexibility index (Phi) is 14.4. The summed E-state index contributed by atoms with van der Waals surface area (Å²) >= 11 is 1.48. The largest absolute Gasteiger partial charge is 0.496 e. The fraction of sp³-hybridized carbons (Fsp3) is 0.574. The van der Waals surface area contributed by atoms with Crippen molar-refractivity contribution in [3.05, 3.63) is 60.1 Å². The van der Waals surface area contributed by atoms with Crippen molar-refractivity contribution in [3.63, 3.8) is 0 Å². The topological polar surface area (TPSA) is 171 Å². The number of sulfonamides is 1. The molecule has 0 radical (unpaired) electrons. The number of nitrogens with zero attached hydrogens (tertiary/aromatic N) is 3. The number of ketones is 1. The second-order valence-electron chi connectivity index (χ2n) is 18.4. The van der Waals surface area contributed by atoms with Crippen LogP contribution in [0, 0.1) is 24.2 Å². The third-order valence-electron chi connectivity index (χ3n) is 12.1. The number of benzene rings is 1. The summed E-state index contributed by atoms with van der Waals surface area (Å²) < 4.78 is 46.2. The zero-order chi connectivity index (χ0) is 45.1. The summed E-state index contributed by atoms with van der Waals surface area (Å²) in [6, 6.07) is 4.54. The van der Waals surface area contributed by atoms with Crippen molar-refractivity contribution in [2.45, 2.75) is 141 Å². The molecule has 15 heteroatoms. The number of carbonyl (C=O) groups excluding carboxylic acids is 4. The van der Waals surface area contributed by atoms with Crippen LogP contribution in [-0.4, -0.2) is 83.5 Å². The van der Waals surface area contributed by atoms with Gasteiger partial charge in [0, 0.05) is 41.2 Å². The van der Waals surface area contributed by atoms with Crippen LogP contribution in [0.2, 0.25) is 0 Å². The van der Waals surface area contributed by atoms with E-state index in [1.165, 1.54) is 16.2 Å². The van der Waals surface area contributed by atoms with E-state index in [9.17, 15) is 27.6 Å². The lowest BCUT2D eigenvalue weighted by atomic mass is 9.90. The molecule has 62 heavy (non-hydrogen) atoms. The zero-order valence-corrected chi connectivity index (χ0v) is 38.8. The molecule has 3 aromatic rings. The predicted molar refractivity (Wildman–Crippen MR) is 240 cm³/mol. The van der Waals surface area contributed by atoms with Gasteiger partial charge in [-0.15, -0.1) is 24.5 Å². The highest BCUT2D eigenvalue weighted by Crippen LogP contribution is 2.57. The van der Waals surface area contributed by atoms with Crippen LogP contribution in [0.3, 0.4) is 0 Å². The monoisotopic (exact) mass is 890 g/mol. The lowest BCUT2D eigenvalue weighted by Gasteiger charge is -2.29.